The number of hydrogen-bond acceptors (Lipinski definition) is 2. The Kier molecular flexibility index (Phi) is 8.46. The number of ether oxygens (including phenoxy) is 1. The Morgan fingerprint density at radius 1 is 1.00 bits per heavy atom. The smallest absolute Gasteiger partial charge is 0.187 e. The lowest BCUT2D eigenvalue weighted by molar-refractivity contribution is 0.104. The molecule has 1 N–H and O–H groups in total. The van der Waals surface area contributed by atoms with Crippen LogP contribution in [0.4, 0.5) is 0 Å². The first-order chi connectivity index (χ1) is 14.6. The number of rotatable bonds is 12. The Labute approximate surface area is 180 Å². The number of allylic oxidation sites excluding steroid dienone is 1. The van der Waals surface area contributed by atoms with Crippen molar-refractivity contribution in [2.24, 2.45) is 5.92 Å². The zero-order chi connectivity index (χ0) is 21.2. The summed E-state index contributed by atoms with van der Waals surface area (Å²) >= 11 is 0. The van der Waals surface area contributed by atoms with Gasteiger partial charge in [0.05, 0.1) is 6.61 Å². The highest BCUT2D eigenvalue weighted by Gasteiger charge is 2.08. The molecular weight excluding hydrogens is 370 g/mol. The minimum Gasteiger partial charge on any atom is -0.377 e. The number of fused-ring (bicyclic) bond motifs is 1. The van der Waals surface area contributed by atoms with E-state index in [1.807, 2.05) is 30.3 Å². The van der Waals surface area contributed by atoms with Crippen LogP contribution in [0.1, 0.15) is 54.6 Å². The molecule has 3 rings (SSSR count). The number of H-pyrrole nitrogens is 1. The van der Waals surface area contributed by atoms with Crippen molar-refractivity contribution in [2.75, 3.05) is 13.2 Å². The molecule has 0 unspecified atom stereocenters. The van der Waals surface area contributed by atoms with Gasteiger partial charge >= 0.3 is 0 Å². The zero-order valence-corrected chi connectivity index (χ0v) is 18.2. The maximum absolute atomic E-state index is 12.3. The Hall–Kier alpha value is -2.65. The molecule has 0 aliphatic carbocycles. The van der Waals surface area contributed by atoms with E-state index in [9.17, 15) is 4.79 Å². The highest BCUT2D eigenvalue weighted by Crippen LogP contribution is 2.18. The first-order valence-electron chi connectivity index (χ1n) is 11.1. The molecule has 3 aromatic rings. The summed E-state index contributed by atoms with van der Waals surface area (Å²) in [6, 6.07) is 16.9. The average molecular weight is 404 g/mol. The standard InChI is InChI=1S/C27H33NO2/c1-21(2)19-23-15-13-22(14-16-23)9-4-3-7-17-30-18-8-12-27(29)25-20-28-26-11-6-5-10-24(25)26/h5-6,8,10-16,20-21,28H,3-4,7,9,17-19H2,1-2H3/b12-8+. The van der Waals surface area contributed by atoms with Crippen LogP contribution in [0.3, 0.4) is 0 Å². The lowest BCUT2D eigenvalue weighted by Crippen LogP contribution is -1.97. The van der Waals surface area contributed by atoms with Crippen molar-refractivity contribution in [3.63, 3.8) is 0 Å². The summed E-state index contributed by atoms with van der Waals surface area (Å²) in [5, 5.41) is 0.961. The van der Waals surface area contributed by atoms with Crippen LogP contribution < -0.4 is 0 Å². The summed E-state index contributed by atoms with van der Waals surface area (Å²) in [5.41, 5.74) is 4.54. The van der Waals surface area contributed by atoms with Gasteiger partial charge in [0.2, 0.25) is 0 Å². The summed E-state index contributed by atoms with van der Waals surface area (Å²) in [6.07, 6.45) is 10.9. The number of hydrogen-bond donors (Lipinski definition) is 1. The highest BCUT2D eigenvalue weighted by atomic mass is 16.5. The largest absolute Gasteiger partial charge is 0.377 e. The van der Waals surface area contributed by atoms with Crippen LogP contribution >= 0.6 is 0 Å². The molecule has 0 radical (unpaired) electrons. The van der Waals surface area contributed by atoms with Gasteiger partial charge in [-0.2, -0.15) is 0 Å². The molecule has 0 bridgehead atoms. The normalized spacial score (nSPS) is 11.7. The Bertz CT molecular complexity index is 950. The molecule has 0 fully saturated rings. The third-order valence-electron chi connectivity index (χ3n) is 5.26. The van der Waals surface area contributed by atoms with Gasteiger partial charge in [0.1, 0.15) is 0 Å². The number of para-hydroxylation sites is 1. The van der Waals surface area contributed by atoms with Crippen molar-refractivity contribution in [1.82, 2.24) is 4.98 Å². The van der Waals surface area contributed by atoms with Gasteiger partial charge in [0, 0.05) is 29.3 Å². The third-order valence-corrected chi connectivity index (χ3v) is 5.26. The molecule has 3 heteroatoms. The van der Waals surface area contributed by atoms with Crippen molar-refractivity contribution < 1.29 is 9.53 Å². The Morgan fingerprint density at radius 2 is 1.77 bits per heavy atom. The SMILES string of the molecule is CC(C)Cc1ccc(CCCCCOC/C=C/C(=O)c2c[nH]c3ccccc23)cc1. The first kappa shape index (κ1) is 22.0. The second kappa shape index (κ2) is 11.5. The van der Waals surface area contributed by atoms with Gasteiger partial charge in [0.15, 0.2) is 5.78 Å². The van der Waals surface area contributed by atoms with E-state index in [0.29, 0.717) is 18.1 Å². The first-order valence-corrected chi connectivity index (χ1v) is 11.1. The lowest BCUT2D eigenvalue weighted by atomic mass is 10.00. The minimum absolute atomic E-state index is 0.00969. The molecule has 0 saturated carbocycles. The van der Waals surface area contributed by atoms with E-state index in [-0.39, 0.29) is 5.78 Å². The lowest BCUT2D eigenvalue weighted by Gasteiger charge is -2.07. The number of ketones is 1. The van der Waals surface area contributed by atoms with E-state index in [1.54, 1.807) is 12.3 Å². The van der Waals surface area contributed by atoms with Crippen LogP contribution in [0.5, 0.6) is 0 Å². The van der Waals surface area contributed by atoms with Crippen LogP contribution in [0.15, 0.2) is 66.9 Å². The van der Waals surface area contributed by atoms with Crippen LogP contribution in [-0.2, 0) is 17.6 Å². The van der Waals surface area contributed by atoms with Gasteiger partial charge in [-0.25, -0.2) is 0 Å². The number of benzene rings is 2. The molecule has 0 amide bonds. The maximum atomic E-state index is 12.3. The van der Waals surface area contributed by atoms with E-state index >= 15 is 0 Å². The molecule has 1 heterocycles. The van der Waals surface area contributed by atoms with Crippen LogP contribution in [0.25, 0.3) is 10.9 Å². The quantitative estimate of drug-likeness (QED) is 0.212. The molecule has 158 valence electrons. The van der Waals surface area contributed by atoms with Gasteiger partial charge in [-0.05, 0) is 54.9 Å². The highest BCUT2D eigenvalue weighted by molar-refractivity contribution is 6.13. The fourth-order valence-corrected chi connectivity index (χ4v) is 3.70. The number of aromatic amines is 1. The number of carbonyl (C=O) groups is 1. The number of carbonyl (C=O) groups excluding carboxylic acids is 1. The maximum Gasteiger partial charge on any atom is 0.187 e. The second-order valence-electron chi connectivity index (χ2n) is 8.31. The molecule has 0 spiro atoms. The van der Waals surface area contributed by atoms with Gasteiger partial charge in [-0.3, -0.25) is 4.79 Å². The van der Waals surface area contributed by atoms with Gasteiger partial charge in [-0.15, -0.1) is 0 Å². The number of unbranched alkanes of at least 4 members (excludes halogenated alkanes) is 2. The van der Waals surface area contributed by atoms with Crippen molar-refractivity contribution in [2.45, 2.75) is 46.0 Å². The van der Waals surface area contributed by atoms with Gasteiger partial charge in [-0.1, -0.05) is 68.8 Å². The molecule has 0 atom stereocenters. The predicted octanol–water partition coefficient (Wildman–Crippen LogP) is 6.53. The summed E-state index contributed by atoms with van der Waals surface area (Å²) in [6.45, 7) is 5.73. The number of aromatic nitrogens is 1. The molecule has 2 aromatic carbocycles. The van der Waals surface area contributed by atoms with Gasteiger partial charge in [0.25, 0.3) is 0 Å². The monoisotopic (exact) mass is 403 g/mol. The number of aryl methyl sites for hydroxylation is 1. The van der Waals surface area contributed by atoms with E-state index < -0.39 is 0 Å². The van der Waals surface area contributed by atoms with Crippen molar-refractivity contribution in [1.29, 1.82) is 0 Å². The van der Waals surface area contributed by atoms with E-state index in [4.69, 9.17) is 4.74 Å². The third kappa shape index (κ3) is 6.70. The fourth-order valence-electron chi connectivity index (χ4n) is 3.70. The number of nitrogens with one attached hydrogen (secondary N) is 1. The summed E-state index contributed by atoms with van der Waals surface area (Å²) in [5.74, 6) is 0.716. The Morgan fingerprint density at radius 3 is 2.57 bits per heavy atom. The molecule has 0 saturated heterocycles. The van der Waals surface area contributed by atoms with Crippen LogP contribution in [-0.4, -0.2) is 24.0 Å². The van der Waals surface area contributed by atoms with Crippen molar-refractivity contribution in [3.05, 3.63) is 83.6 Å². The fraction of sp³-hybridized carbons (Fsp3) is 0.370. The second-order valence-corrected chi connectivity index (χ2v) is 8.31. The molecular formula is C27H33NO2. The summed E-state index contributed by atoms with van der Waals surface area (Å²) in [7, 11) is 0. The zero-order valence-electron chi connectivity index (χ0n) is 18.2. The van der Waals surface area contributed by atoms with Crippen LogP contribution in [0.2, 0.25) is 0 Å². The summed E-state index contributed by atoms with van der Waals surface area (Å²) < 4.78 is 5.65. The van der Waals surface area contributed by atoms with Crippen molar-refractivity contribution >= 4 is 16.7 Å². The predicted molar refractivity (Wildman–Crippen MR) is 125 cm³/mol. The molecule has 0 aliphatic rings. The summed E-state index contributed by atoms with van der Waals surface area (Å²) in [4.78, 5) is 15.5. The van der Waals surface area contributed by atoms with E-state index in [2.05, 4.69) is 43.1 Å². The molecule has 3 nitrogen and oxygen atoms in total. The molecule has 1 aromatic heterocycles. The topological polar surface area (TPSA) is 42.1 Å². The van der Waals surface area contributed by atoms with E-state index in [0.717, 1.165) is 43.2 Å². The average Bonchev–Trinajstić information content (AvgIpc) is 3.17. The van der Waals surface area contributed by atoms with Crippen LogP contribution in [0, 0.1) is 5.92 Å². The van der Waals surface area contributed by atoms with Gasteiger partial charge < -0.3 is 9.72 Å². The molecule has 0 aliphatic heterocycles. The Balaban J connectivity index is 1.27. The molecule has 30 heavy (non-hydrogen) atoms. The van der Waals surface area contributed by atoms with Crippen molar-refractivity contribution in [3.8, 4) is 0 Å². The van der Waals surface area contributed by atoms with E-state index in [1.165, 1.54) is 17.5 Å². The minimum atomic E-state index is 0.00969.